The van der Waals surface area contributed by atoms with Crippen molar-refractivity contribution in [3.63, 3.8) is 0 Å². The molecule has 2 N–H and O–H groups in total. The summed E-state index contributed by atoms with van der Waals surface area (Å²) >= 11 is 0. The Morgan fingerprint density at radius 3 is 2.12 bits per heavy atom. The fourth-order valence-corrected chi connectivity index (χ4v) is 10.6. The highest BCUT2D eigenvalue weighted by molar-refractivity contribution is 5.33. The molecule has 182 valence electrons. The van der Waals surface area contributed by atoms with Crippen LogP contribution in [0.5, 0.6) is 0 Å². The first-order valence-electron chi connectivity index (χ1n) is 13.7. The van der Waals surface area contributed by atoms with Gasteiger partial charge in [0, 0.05) is 0 Å². The van der Waals surface area contributed by atoms with Crippen LogP contribution in [-0.4, -0.2) is 22.4 Å². The lowest BCUT2D eigenvalue weighted by atomic mass is 9.33. The minimum atomic E-state index is -0.175. The van der Waals surface area contributed by atoms with Gasteiger partial charge in [-0.1, -0.05) is 67.0 Å². The quantitative estimate of drug-likeness (QED) is 0.391. The number of aliphatic hydroxyl groups excluding tert-OH is 2. The van der Waals surface area contributed by atoms with E-state index in [2.05, 4.69) is 61.5 Å². The second-order valence-electron chi connectivity index (χ2n) is 15.3. The Bertz CT molecular complexity index is 825. The summed E-state index contributed by atoms with van der Waals surface area (Å²) in [4.78, 5) is 0. The van der Waals surface area contributed by atoms with Gasteiger partial charge >= 0.3 is 0 Å². The molecule has 5 aliphatic carbocycles. The van der Waals surface area contributed by atoms with Crippen LogP contribution in [0.2, 0.25) is 0 Å². The van der Waals surface area contributed by atoms with E-state index in [1.54, 1.807) is 5.57 Å². The van der Waals surface area contributed by atoms with E-state index in [1.807, 2.05) is 0 Å². The SMILES string of the molecule is CC1(C)C[C@H]2C3=CC[C@@H]4[C@@]5(C)CC[C@H](O)C(C)(C)[C@@H]5CC[C@@]4(C)[C@]3(C)CC[C@@]2(C)CC1O. The summed E-state index contributed by atoms with van der Waals surface area (Å²) in [5.74, 6) is 1.95. The molecule has 0 bridgehead atoms. The van der Waals surface area contributed by atoms with E-state index in [0.717, 1.165) is 19.3 Å². The summed E-state index contributed by atoms with van der Waals surface area (Å²) < 4.78 is 0. The fourth-order valence-electron chi connectivity index (χ4n) is 10.6. The van der Waals surface area contributed by atoms with Crippen LogP contribution in [0.1, 0.15) is 113 Å². The maximum Gasteiger partial charge on any atom is 0.0596 e. The highest BCUT2D eigenvalue weighted by atomic mass is 16.3. The molecule has 4 saturated carbocycles. The van der Waals surface area contributed by atoms with Crippen molar-refractivity contribution in [2.75, 3.05) is 0 Å². The zero-order chi connectivity index (χ0) is 23.5. The first kappa shape index (κ1) is 23.4. The van der Waals surface area contributed by atoms with Crippen LogP contribution < -0.4 is 0 Å². The number of aliphatic hydroxyl groups is 2. The summed E-state index contributed by atoms with van der Waals surface area (Å²) in [5.41, 5.74) is 2.98. The van der Waals surface area contributed by atoms with E-state index in [4.69, 9.17) is 0 Å². The molecule has 0 aliphatic heterocycles. The Hall–Kier alpha value is -0.340. The van der Waals surface area contributed by atoms with Crippen LogP contribution in [0.25, 0.3) is 0 Å². The molecule has 0 radical (unpaired) electrons. The van der Waals surface area contributed by atoms with Crippen LogP contribution in [0.3, 0.4) is 0 Å². The molecular weight excluding hydrogens is 392 g/mol. The molecule has 4 fully saturated rings. The zero-order valence-electron chi connectivity index (χ0n) is 22.2. The van der Waals surface area contributed by atoms with Crippen molar-refractivity contribution in [3.05, 3.63) is 11.6 Å². The van der Waals surface area contributed by atoms with Crippen LogP contribution in [0.15, 0.2) is 11.6 Å². The largest absolute Gasteiger partial charge is 0.393 e. The molecule has 0 aromatic carbocycles. The minimum Gasteiger partial charge on any atom is -0.393 e. The number of allylic oxidation sites excluding steroid dienone is 2. The van der Waals surface area contributed by atoms with E-state index >= 15 is 0 Å². The van der Waals surface area contributed by atoms with Crippen LogP contribution in [0, 0.1) is 50.2 Å². The maximum atomic E-state index is 10.9. The van der Waals surface area contributed by atoms with Crippen molar-refractivity contribution in [3.8, 4) is 0 Å². The lowest BCUT2D eigenvalue weighted by Crippen LogP contribution is -2.64. The molecule has 0 heterocycles. The average Bonchev–Trinajstić information content (AvgIpc) is 2.68. The van der Waals surface area contributed by atoms with E-state index in [9.17, 15) is 10.2 Å². The van der Waals surface area contributed by atoms with Crippen LogP contribution >= 0.6 is 0 Å². The van der Waals surface area contributed by atoms with Crippen molar-refractivity contribution >= 4 is 0 Å². The second-order valence-corrected chi connectivity index (χ2v) is 15.3. The van der Waals surface area contributed by atoms with Gasteiger partial charge in [0.25, 0.3) is 0 Å². The summed E-state index contributed by atoms with van der Waals surface area (Å²) in [5, 5.41) is 21.8. The predicted molar refractivity (Wildman–Crippen MR) is 132 cm³/mol. The normalized spacial score (nSPS) is 56.2. The van der Waals surface area contributed by atoms with Gasteiger partial charge in [-0.3, -0.25) is 0 Å². The first-order chi connectivity index (χ1) is 14.6. The zero-order valence-corrected chi connectivity index (χ0v) is 22.2. The van der Waals surface area contributed by atoms with Gasteiger partial charge in [0.05, 0.1) is 12.2 Å². The summed E-state index contributed by atoms with van der Waals surface area (Å²) in [6.07, 6.45) is 13.0. The molecule has 32 heavy (non-hydrogen) atoms. The molecule has 2 heteroatoms. The van der Waals surface area contributed by atoms with Crippen molar-refractivity contribution in [2.24, 2.45) is 50.2 Å². The van der Waals surface area contributed by atoms with Crippen molar-refractivity contribution in [1.29, 1.82) is 0 Å². The summed E-state index contributed by atoms with van der Waals surface area (Å²) in [6, 6.07) is 0. The van der Waals surface area contributed by atoms with Gasteiger partial charge in [0.15, 0.2) is 0 Å². The van der Waals surface area contributed by atoms with Gasteiger partial charge in [-0.2, -0.15) is 0 Å². The lowest BCUT2D eigenvalue weighted by Gasteiger charge is -2.71. The highest BCUT2D eigenvalue weighted by Crippen LogP contribution is 2.75. The molecule has 9 atom stereocenters. The van der Waals surface area contributed by atoms with Crippen molar-refractivity contribution < 1.29 is 10.2 Å². The average molecular weight is 443 g/mol. The molecular formula is C30H50O2. The standard InChI is InChI=1S/C30H50O2/c1-25(2)17-20-19-9-10-22-28(6)13-12-23(31)26(3,4)21(28)11-14-30(22,8)29(19,7)16-15-27(20,5)18-24(25)32/h9,20-24,31-32H,10-18H2,1-8H3/t20-,21-,22+,23-,24?,27-,28-,29+,30+/m0/s1. The monoisotopic (exact) mass is 442 g/mol. The van der Waals surface area contributed by atoms with Gasteiger partial charge in [-0.15, -0.1) is 0 Å². The first-order valence-corrected chi connectivity index (χ1v) is 13.7. The molecule has 0 spiro atoms. The van der Waals surface area contributed by atoms with Crippen molar-refractivity contribution in [2.45, 2.75) is 125 Å². The predicted octanol–water partition coefficient (Wildman–Crippen LogP) is 7.14. The smallest absolute Gasteiger partial charge is 0.0596 e. The molecule has 5 aliphatic rings. The van der Waals surface area contributed by atoms with Gasteiger partial charge in [-0.25, -0.2) is 0 Å². The van der Waals surface area contributed by atoms with Gasteiger partial charge < -0.3 is 10.2 Å². The minimum absolute atomic E-state index is 0.00813. The molecule has 2 nitrogen and oxygen atoms in total. The van der Waals surface area contributed by atoms with Crippen LogP contribution in [0.4, 0.5) is 0 Å². The number of rotatable bonds is 0. The molecule has 0 aromatic rings. The van der Waals surface area contributed by atoms with Gasteiger partial charge in [0.1, 0.15) is 0 Å². The molecule has 0 aromatic heterocycles. The van der Waals surface area contributed by atoms with Gasteiger partial charge in [-0.05, 0) is 108 Å². The Morgan fingerprint density at radius 2 is 1.44 bits per heavy atom. The molecule has 5 rings (SSSR count). The molecule has 0 amide bonds. The Balaban J connectivity index is 1.57. The summed E-state index contributed by atoms with van der Waals surface area (Å²) in [7, 11) is 0. The Labute approximate surface area is 197 Å². The number of hydrogen-bond acceptors (Lipinski definition) is 2. The Kier molecular flexibility index (Phi) is 4.87. The molecule has 0 saturated heterocycles. The topological polar surface area (TPSA) is 40.5 Å². The van der Waals surface area contributed by atoms with E-state index in [-0.39, 0.29) is 33.9 Å². The van der Waals surface area contributed by atoms with Gasteiger partial charge in [0.2, 0.25) is 0 Å². The third-order valence-electron chi connectivity index (χ3n) is 13.2. The third kappa shape index (κ3) is 2.72. The van der Waals surface area contributed by atoms with E-state index in [1.165, 1.54) is 38.5 Å². The molecule has 1 unspecified atom stereocenters. The fraction of sp³-hybridized carbons (Fsp3) is 0.933. The lowest BCUT2D eigenvalue weighted by molar-refractivity contribution is -0.205. The number of fused-ring (bicyclic) bond motifs is 7. The third-order valence-corrected chi connectivity index (χ3v) is 13.2. The maximum absolute atomic E-state index is 10.9. The number of hydrogen-bond donors (Lipinski definition) is 2. The van der Waals surface area contributed by atoms with Crippen molar-refractivity contribution in [1.82, 2.24) is 0 Å². The second kappa shape index (κ2) is 6.66. The highest BCUT2D eigenvalue weighted by Gasteiger charge is 2.68. The Morgan fingerprint density at radius 1 is 0.750 bits per heavy atom. The van der Waals surface area contributed by atoms with Crippen LogP contribution in [-0.2, 0) is 0 Å². The van der Waals surface area contributed by atoms with E-state index in [0.29, 0.717) is 28.6 Å². The summed E-state index contributed by atoms with van der Waals surface area (Å²) in [6.45, 7) is 19.6. The van der Waals surface area contributed by atoms with E-state index < -0.39 is 0 Å².